The Kier molecular flexibility index (Phi) is 4.09. The summed E-state index contributed by atoms with van der Waals surface area (Å²) >= 11 is 0. The van der Waals surface area contributed by atoms with Crippen molar-refractivity contribution in [1.29, 1.82) is 0 Å². The number of ether oxygens (including phenoxy) is 2. The lowest BCUT2D eigenvalue weighted by Crippen LogP contribution is -2.31. The van der Waals surface area contributed by atoms with Crippen LogP contribution in [0.3, 0.4) is 0 Å². The SMILES string of the molecule is COC(=O)c1c[nH]c(N2CCCCC2)c1C(=O)OC. The van der Waals surface area contributed by atoms with E-state index in [0.29, 0.717) is 5.82 Å². The number of aromatic nitrogens is 1. The highest BCUT2D eigenvalue weighted by Gasteiger charge is 2.27. The smallest absolute Gasteiger partial charge is 0.342 e. The van der Waals surface area contributed by atoms with Crippen LogP contribution in [0.15, 0.2) is 6.20 Å². The van der Waals surface area contributed by atoms with E-state index in [1.165, 1.54) is 26.8 Å². The Morgan fingerprint density at radius 1 is 1.11 bits per heavy atom. The zero-order valence-electron chi connectivity index (χ0n) is 11.2. The number of carbonyl (C=O) groups excluding carboxylic acids is 2. The first kappa shape index (κ1) is 13.5. The van der Waals surface area contributed by atoms with E-state index in [9.17, 15) is 9.59 Å². The number of aromatic amines is 1. The second-order valence-corrected chi connectivity index (χ2v) is 4.46. The largest absolute Gasteiger partial charge is 0.465 e. The van der Waals surface area contributed by atoms with Crippen LogP contribution >= 0.6 is 0 Å². The number of piperidine rings is 1. The minimum atomic E-state index is -0.542. The quantitative estimate of drug-likeness (QED) is 0.841. The van der Waals surface area contributed by atoms with Crippen LogP contribution in [-0.2, 0) is 9.47 Å². The molecule has 1 aliphatic rings. The molecular formula is C13H18N2O4. The molecule has 0 saturated carbocycles. The van der Waals surface area contributed by atoms with E-state index in [-0.39, 0.29) is 11.1 Å². The van der Waals surface area contributed by atoms with Crippen molar-refractivity contribution in [2.45, 2.75) is 19.3 Å². The molecule has 0 bridgehead atoms. The average molecular weight is 266 g/mol. The van der Waals surface area contributed by atoms with E-state index in [0.717, 1.165) is 25.9 Å². The normalized spacial score (nSPS) is 15.2. The molecule has 0 atom stereocenters. The molecule has 6 nitrogen and oxygen atoms in total. The molecule has 0 aliphatic carbocycles. The number of nitrogens with one attached hydrogen (secondary N) is 1. The summed E-state index contributed by atoms with van der Waals surface area (Å²) in [6.07, 6.45) is 4.84. The standard InChI is InChI=1S/C13H18N2O4/c1-18-12(16)9-8-14-11(10(9)13(17)19-2)15-6-4-3-5-7-15/h8,14H,3-7H2,1-2H3. The van der Waals surface area contributed by atoms with E-state index < -0.39 is 11.9 Å². The summed E-state index contributed by atoms with van der Waals surface area (Å²) in [6, 6.07) is 0. The Balaban J connectivity index is 2.39. The van der Waals surface area contributed by atoms with Gasteiger partial charge in [-0.15, -0.1) is 0 Å². The van der Waals surface area contributed by atoms with Gasteiger partial charge in [0.2, 0.25) is 0 Å². The number of rotatable bonds is 3. The number of carbonyl (C=O) groups is 2. The summed E-state index contributed by atoms with van der Waals surface area (Å²) in [4.78, 5) is 28.7. The highest BCUT2D eigenvalue weighted by Crippen LogP contribution is 2.27. The summed E-state index contributed by atoms with van der Waals surface area (Å²) in [7, 11) is 2.59. The maximum Gasteiger partial charge on any atom is 0.342 e. The van der Waals surface area contributed by atoms with Crippen LogP contribution in [0.2, 0.25) is 0 Å². The zero-order valence-corrected chi connectivity index (χ0v) is 11.2. The lowest BCUT2D eigenvalue weighted by Gasteiger charge is -2.28. The molecule has 0 unspecified atom stereocenters. The Labute approximate surface area is 111 Å². The highest BCUT2D eigenvalue weighted by atomic mass is 16.5. The van der Waals surface area contributed by atoms with Crippen molar-refractivity contribution in [2.75, 3.05) is 32.2 Å². The van der Waals surface area contributed by atoms with Crippen LogP contribution in [-0.4, -0.2) is 44.2 Å². The van der Waals surface area contributed by atoms with Gasteiger partial charge in [0.25, 0.3) is 0 Å². The minimum Gasteiger partial charge on any atom is -0.465 e. The van der Waals surface area contributed by atoms with Crippen molar-refractivity contribution in [3.05, 3.63) is 17.3 Å². The van der Waals surface area contributed by atoms with Crippen LogP contribution < -0.4 is 4.90 Å². The third-order valence-electron chi connectivity index (χ3n) is 3.33. The van der Waals surface area contributed by atoms with Crippen LogP contribution in [0.1, 0.15) is 40.0 Å². The Morgan fingerprint density at radius 2 is 1.74 bits per heavy atom. The maximum atomic E-state index is 11.9. The molecule has 0 aromatic carbocycles. The second kappa shape index (κ2) is 5.77. The first-order valence-electron chi connectivity index (χ1n) is 6.32. The summed E-state index contributed by atoms with van der Waals surface area (Å²) in [6.45, 7) is 1.73. The minimum absolute atomic E-state index is 0.218. The zero-order chi connectivity index (χ0) is 13.8. The summed E-state index contributed by atoms with van der Waals surface area (Å²) < 4.78 is 9.46. The van der Waals surface area contributed by atoms with Gasteiger partial charge in [0.15, 0.2) is 0 Å². The van der Waals surface area contributed by atoms with E-state index in [4.69, 9.17) is 4.74 Å². The molecule has 1 saturated heterocycles. The molecule has 1 aromatic heterocycles. The predicted molar refractivity (Wildman–Crippen MR) is 69.5 cm³/mol. The summed E-state index contributed by atoms with van der Waals surface area (Å²) in [5.41, 5.74) is 0.478. The number of methoxy groups -OCH3 is 2. The van der Waals surface area contributed by atoms with Crippen molar-refractivity contribution in [2.24, 2.45) is 0 Å². The summed E-state index contributed by atoms with van der Waals surface area (Å²) in [5, 5.41) is 0. The van der Waals surface area contributed by atoms with Gasteiger partial charge in [-0.2, -0.15) is 0 Å². The fraction of sp³-hybridized carbons (Fsp3) is 0.538. The van der Waals surface area contributed by atoms with Crippen LogP contribution in [0.4, 0.5) is 5.82 Å². The number of H-pyrrole nitrogens is 1. The van der Waals surface area contributed by atoms with E-state index >= 15 is 0 Å². The molecule has 2 heterocycles. The second-order valence-electron chi connectivity index (χ2n) is 4.46. The number of esters is 2. The number of nitrogens with zero attached hydrogens (tertiary/aromatic N) is 1. The van der Waals surface area contributed by atoms with Gasteiger partial charge in [-0.1, -0.05) is 0 Å². The van der Waals surface area contributed by atoms with Gasteiger partial charge in [0.05, 0.1) is 19.8 Å². The maximum absolute atomic E-state index is 11.9. The Hall–Kier alpha value is -1.98. The average Bonchev–Trinajstić information content (AvgIpc) is 2.91. The fourth-order valence-corrected chi connectivity index (χ4v) is 2.36. The van der Waals surface area contributed by atoms with Crippen LogP contribution in [0, 0.1) is 0 Å². The van der Waals surface area contributed by atoms with Crippen molar-refractivity contribution in [3.8, 4) is 0 Å². The van der Waals surface area contributed by atoms with Crippen molar-refractivity contribution in [1.82, 2.24) is 4.98 Å². The molecule has 0 amide bonds. The van der Waals surface area contributed by atoms with Gasteiger partial charge in [-0.3, -0.25) is 0 Å². The molecule has 6 heteroatoms. The highest BCUT2D eigenvalue weighted by molar-refractivity contribution is 6.07. The van der Waals surface area contributed by atoms with Gasteiger partial charge in [0.1, 0.15) is 11.4 Å². The molecule has 2 rings (SSSR count). The number of anilines is 1. The van der Waals surface area contributed by atoms with E-state index in [1.54, 1.807) is 0 Å². The van der Waals surface area contributed by atoms with Crippen molar-refractivity contribution >= 4 is 17.8 Å². The monoisotopic (exact) mass is 266 g/mol. The van der Waals surface area contributed by atoms with Crippen LogP contribution in [0.5, 0.6) is 0 Å². The molecule has 1 fully saturated rings. The Bertz CT molecular complexity index is 475. The van der Waals surface area contributed by atoms with E-state index in [1.807, 2.05) is 0 Å². The summed E-state index contributed by atoms with van der Waals surface area (Å²) in [5.74, 6) is -0.422. The fourth-order valence-electron chi connectivity index (χ4n) is 2.36. The van der Waals surface area contributed by atoms with Crippen molar-refractivity contribution in [3.63, 3.8) is 0 Å². The molecule has 1 aliphatic heterocycles. The molecular weight excluding hydrogens is 248 g/mol. The number of hydrogen-bond acceptors (Lipinski definition) is 5. The first-order valence-corrected chi connectivity index (χ1v) is 6.32. The van der Waals surface area contributed by atoms with Gasteiger partial charge in [-0.05, 0) is 19.3 Å². The molecule has 104 valence electrons. The predicted octanol–water partition coefficient (Wildman–Crippen LogP) is 1.58. The number of hydrogen-bond donors (Lipinski definition) is 1. The van der Waals surface area contributed by atoms with Crippen molar-refractivity contribution < 1.29 is 19.1 Å². The molecule has 0 spiro atoms. The van der Waals surface area contributed by atoms with Gasteiger partial charge >= 0.3 is 11.9 Å². The molecule has 1 N–H and O–H groups in total. The Morgan fingerprint density at radius 3 is 2.32 bits per heavy atom. The van der Waals surface area contributed by atoms with Gasteiger partial charge < -0.3 is 19.4 Å². The van der Waals surface area contributed by atoms with E-state index in [2.05, 4.69) is 14.6 Å². The third-order valence-corrected chi connectivity index (χ3v) is 3.33. The lowest BCUT2D eigenvalue weighted by atomic mass is 10.1. The third kappa shape index (κ3) is 2.57. The molecule has 19 heavy (non-hydrogen) atoms. The van der Waals surface area contributed by atoms with Gasteiger partial charge in [0, 0.05) is 19.3 Å². The lowest BCUT2D eigenvalue weighted by molar-refractivity contribution is 0.0557. The molecule has 1 aromatic rings. The molecule has 0 radical (unpaired) electrons. The topological polar surface area (TPSA) is 71.6 Å². The first-order chi connectivity index (χ1) is 9.19. The van der Waals surface area contributed by atoms with Gasteiger partial charge in [-0.25, -0.2) is 9.59 Å². The van der Waals surface area contributed by atoms with Crippen LogP contribution in [0.25, 0.3) is 0 Å².